The first-order chi connectivity index (χ1) is 8.61. The quantitative estimate of drug-likeness (QED) is 0.850. The van der Waals surface area contributed by atoms with Gasteiger partial charge in [0, 0.05) is 12.6 Å². The number of nitrogens with two attached hydrogens (primary N) is 1. The fraction of sp³-hybridized carbons (Fsp3) is 0.538. The average molecular weight is 268 g/mol. The van der Waals surface area contributed by atoms with Crippen LogP contribution in [0.25, 0.3) is 0 Å². The van der Waals surface area contributed by atoms with Crippen molar-refractivity contribution < 1.29 is 8.42 Å². The van der Waals surface area contributed by atoms with E-state index in [0.717, 1.165) is 36.8 Å². The monoisotopic (exact) mass is 268 g/mol. The highest BCUT2D eigenvalue weighted by Gasteiger charge is 2.22. The molecule has 0 atom stereocenters. The van der Waals surface area contributed by atoms with Gasteiger partial charge in [-0.2, -0.15) is 0 Å². The van der Waals surface area contributed by atoms with Gasteiger partial charge in [0.1, 0.15) is 0 Å². The number of rotatable bonds is 5. The number of nitrogens with one attached hydrogen (secondary N) is 1. The molecule has 0 aromatic heterocycles. The van der Waals surface area contributed by atoms with E-state index in [0.29, 0.717) is 6.54 Å². The molecule has 18 heavy (non-hydrogen) atoms. The highest BCUT2D eigenvalue weighted by atomic mass is 32.2. The van der Waals surface area contributed by atoms with Crippen LogP contribution in [0.15, 0.2) is 24.3 Å². The summed E-state index contributed by atoms with van der Waals surface area (Å²) >= 11 is 0. The maximum absolute atomic E-state index is 12.1. The van der Waals surface area contributed by atoms with Crippen LogP contribution in [-0.2, 0) is 22.3 Å². The van der Waals surface area contributed by atoms with Crippen molar-refractivity contribution in [3.63, 3.8) is 0 Å². The molecule has 0 radical (unpaired) electrons. The molecule has 5 heteroatoms. The zero-order valence-corrected chi connectivity index (χ0v) is 11.2. The fourth-order valence-electron chi connectivity index (χ4n) is 2.44. The van der Waals surface area contributed by atoms with Gasteiger partial charge in [-0.15, -0.1) is 0 Å². The van der Waals surface area contributed by atoms with E-state index in [1.807, 2.05) is 24.3 Å². The predicted molar refractivity (Wildman–Crippen MR) is 72.3 cm³/mol. The Hall–Kier alpha value is -0.910. The highest BCUT2D eigenvalue weighted by Crippen LogP contribution is 2.19. The molecule has 1 saturated carbocycles. The van der Waals surface area contributed by atoms with Crippen molar-refractivity contribution in [3.05, 3.63) is 35.4 Å². The standard InChI is InChI=1S/C13H20N2O2S/c14-9-11-5-1-2-6-12(11)10-18(16,17)15-13-7-3-4-8-13/h1-2,5-6,13,15H,3-4,7-10,14H2. The van der Waals surface area contributed by atoms with Gasteiger partial charge in [0.2, 0.25) is 10.0 Å². The first-order valence-electron chi connectivity index (χ1n) is 6.37. The smallest absolute Gasteiger partial charge is 0.216 e. The molecular formula is C13H20N2O2S. The van der Waals surface area contributed by atoms with Gasteiger partial charge in [-0.3, -0.25) is 0 Å². The predicted octanol–water partition coefficient (Wildman–Crippen LogP) is 1.51. The Balaban J connectivity index is 2.06. The minimum absolute atomic E-state index is 0.0247. The van der Waals surface area contributed by atoms with E-state index in [4.69, 9.17) is 5.73 Å². The molecule has 4 nitrogen and oxygen atoms in total. The largest absolute Gasteiger partial charge is 0.326 e. The third-order valence-electron chi connectivity index (χ3n) is 3.39. The van der Waals surface area contributed by atoms with Crippen molar-refractivity contribution in [1.29, 1.82) is 0 Å². The van der Waals surface area contributed by atoms with E-state index < -0.39 is 10.0 Å². The molecule has 0 unspecified atom stereocenters. The molecule has 1 aliphatic rings. The summed E-state index contributed by atoms with van der Waals surface area (Å²) in [4.78, 5) is 0. The second kappa shape index (κ2) is 5.82. The second-order valence-electron chi connectivity index (χ2n) is 4.83. The van der Waals surface area contributed by atoms with Crippen molar-refractivity contribution in [3.8, 4) is 0 Å². The van der Waals surface area contributed by atoms with Gasteiger partial charge in [-0.05, 0) is 24.0 Å². The molecule has 0 heterocycles. The summed E-state index contributed by atoms with van der Waals surface area (Å²) in [7, 11) is -3.26. The molecule has 1 aromatic rings. The first kappa shape index (κ1) is 13.5. The Morgan fingerprint density at radius 3 is 2.39 bits per heavy atom. The molecule has 1 aliphatic carbocycles. The summed E-state index contributed by atoms with van der Waals surface area (Å²) < 4.78 is 26.9. The van der Waals surface area contributed by atoms with Gasteiger partial charge in [-0.25, -0.2) is 13.1 Å². The average Bonchev–Trinajstić information content (AvgIpc) is 2.81. The van der Waals surface area contributed by atoms with Crippen LogP contribution in [0.4, 0.5) is 0 Å². The van der Waals surface area contributed by atoms with Crippen LogP contribution >= 0.6 is 0 Å². The summed E-state index contributed by atoms with van der Waals surface area (Å²) in [6.07, 6.45) is 4.15. The van der Waals surface area contributed by atoms with Gasteiger partial charge in [0.15, 0.2) is 0 Å². The minimum Gasteiger partial charge on any atom is -0.326 e. The van der Waals surface area contributed by atoms with Crippen molar-refractivity contribution in [1.82, 2.24) is 4.72 Å². The topological polar surface area (TPSA) is 72.2 Å². The van der Waals surface area contributed by atoms with E-state index in [1.54, 1.807) is 0 Å². The molecule has 0 spiro atoms. The van der Waals surface area contributed by atoms with Gasteiger partial charge in [0.25, 0.3) is 0 Å². The Morgan fingerprint density at radius 1 is 1.17 bits per heavy atom. The van der Waals surface area contributed by atoms with Gasteiger partial charge in [0.05, 0.1) is 5.75 Å². The second-order valence-corrected chi connectivity index (χ2v) is 6.59. The highest BCUT2D eigenvalue weighted by molar-refractivity contribution is 7.88. The third-order valence-corrected chi connectivity index (χ3v) is 4.77. The Labute approximate surface area is 109 Å². The lowest BCUT2D eigenvalue weighted by Crippen LogP contribution is -2.33. The summed E-state index contributed by atoms with van der Waals surface area (Å²) in [5.41, 5.74) is 7.31. The van der Waals surface area contributed by atoms with Crippen molar-refractivity contribution in [2.24, 2.45) is 5.73 Å². The molecule has 0 saturated heterocycles. The van der Waals surface area contributed by atoms with Crippen molar-refractivity contribution in [2.45, 2.75) is 44.0 Å². The summed E-state index contributed by atoms with van der Waals surface area (Å²) in [5, 5.41) is 0. The Morgan fingerprint density at radius 2 is 1.78 bits per heavy atom. The summed E-state index contributed by atoms with van der Waals surface area (Å²) in [6.45, 7) is 0.370. The van der Waals surface area contributed by atoms with Crippen LogP contribution in [0.3, 0.4) is 0 Å². The molecule has 3 N–H and O–H groups in total. The molecular weight excluding hydrogens is 248 g/mol. The minimum atomic E-state index is -3.26. The Bertz CT molecular complexity index is 493. The number of sulfonamides is 1. The number of benzene rings is 1. The van der Waals surface area contributed by atoms with Gasteiger partial charge < -0.3 is 5.73 Å². The maximum atomic E-state index is 12.1. The first-order valence-corrected chi connectivity index (χ1v) is 8.03. The van der Waals surface area contributed by atoms with Gasteiger partial charge in [-0.1, -0.05) is 37.1 Å². The van der Waals surface area contributed by atoms with Crippen LogP contribution in [0.2, 0.25) is 0 Å². The maximum Gasteiger partial charge on any atom is 0.216 e. The van der Waals surface area contributed by atoms with E-state index >= 15 is 0 Å². The lowest BCUT2D eigenvalue weighted by molar-refractivity contribution is 0.551. The van der Waals surface area contributed by atoms with Crippen molar-refractivity contribution >= 4 is 10.0 Å². The fourth-order valence-corrected chi connectivity index (χ4v) is 3.96. The van der Waals surface area contributed by atoms with E-state index in [-0.39, 0.29) is 11.8 Å². The van der Waals surface area contributed by atoms with Crippen molar-refractivity contribution in [2.75, 3.05) is 0 Å². The third kappa shape index (κ3) is 3.54. The zero-order valence-electron chi connectivity index (χ0n) is 10.4. The van der Waals surface area contributed by atoms with Gasteiger partial charge >= 0.3 is 0 Å². The van der Waals surface area contributed by atoms with E-state index in [1.165, 1.54) is 0 Å². The number of hydrogen-bond donors (Lipinski definition) is 2. The summed E-state index contributed by atoms with van der Waals surface area (Å²) in [6, 6.07) is 7.55. The lowest BCUT2D eigenvalue weighted by atomic mass is 10.1. The normalized spacial score (nSPS) is 17.2. The SMILES string of the molecule is NCc1ccccc1CS(=O)(=O)NC1CCCC1. The lowest BCUT2D eigenvalue weighted by Gasteiger charge is -2.14. The number of hydrogen-bond acceptors (Lipinski definition) is 3. The Kier molecular flexibility index (Phi) is 4.37. The molecule has 0 amide bonds. The molecule has 2 rings (SSSR count). The molecule has 0 aliphatic heterocycles. The molecule has 1 aromatic carbocycles. The van der Waals surface area contributed by atoms with Crippen LogP contribution in [0.1, 0.15) is 36.8 Å². The van der Waals surface area contributed by atoms with E-state index in [2.05, 4.69) is 4.72 Å². The van der Waals surface area contributed by atoms with Crippen LogP contribution in [0.5, 0.6) is 0 Å². The zero-order chi connectivity index (χ0) is 13.0. The molecule has 1 fully saturated rings. The molecule has 100 valence electrons. The van der Waals surface area contributed by atoms with Crippen LogP contribution in [-0.4, -0.2) is 14.5 Å². The van der Waals surface area contributed by atoms with Crippen LogP contribution in [0, 0.1) is 0 Å². The summed E-state index contributed by atoms with van der Waals surface area (Å²) in [5.74, 6) is 0.0247. The van der Waals surface area contributed by atoms with Crippen LogP contribution < -0.4 is 10.5 Å². The molecule has 0 bridgehead atoms. The van der Waals surface area contributed by atoms with E-state index in [9.17, 15) is 8.42 Å².